The van der Waals surface area contributed by atoms with E-state index in [0.717, 1.165) is 45.1 Å². The molecule has 1 aromatic rings. The van der Waals surface area contributed by atoms with Gasteiger partial charge in [-0.05, 0) is 43.9 Å². The van der Waals surface area contributed by atoms with Crippen LogP contribution in [0.4, 0.5) is 11.4 Å². The van der Waals surface area contributed by atoms with Gasteiger partial charge >= 0.3 is 0 Å². The Bertz CT molecular complexity index is 891. The summed E-state index contributed by atoms with van der Waals surface area (Å²) in [7, 11) is -3.68. The Morgan fingerprint density at radius 3 is 2.55 bits per heavy atom. The number of sulfonamides is 1. The summed E-state index contributed by atoms with van der Waals surface area (Å²) in [4.78, 5) is 12.8. The maximum atomic E-state index is 13.1. The molecule has 2 aliphatic heterocycles. The molecule has 1 unspecified atom stereocenters. The van der Waals surface area contributed by atoms with Gasteiger partial charge in [-0.1, -0.05) is 19.3 Å². The third-order valence-electron chi connectivity index (χ3n) is 6.42. The van der Waals surface area contributed by atoms with E-state index in [4.69, 9.17) is 14.2 Å². The first kappa shape index (κ1) is 24.4. The van der Waals surface area contributed by atoms with Crippen molar-refractivity contribution in [2.75, 3.05) is 56.7 Å². The first-order chi connectivity index (χ1) is 16.0. The Morgan fingerprint density at radius 1 is 1.03 bits per heavy atom. The van der Waals surface area contributed by atoms with Gasteiger partial charge in [0.2, 0.25) is 15.9 Å². The average molecular weight is 482 g/mol. The number of benzene rings is 1. The Balaban J connectivity index is 1.47. The van der Waals surface area contributed by atoms with Crippen molar-refractivity contribution in [1.82, 2.24) is 4.31 Å². The second kappa shape index (κ2) is 11.6. The first-order valence-corrected chi connectivity index (χ1v) is 13.5. The maximum absolute atomic E-state index is 13.1. The van der Waals surface area contributed by atoms with Crippen LogP contribution in [-0.4, -0.2) is 76.9 Å². The third kappa shape index (κ3) is 6.66. The molecule has 2 N–H and O–H groups in total. The summed E-state index contributed by atoms with van der Waals surface area (Å²) in [6.45, 7) is 2.69. The molecule has 2 saturated heterocycles. The molecule has 2 heterocycles. The number of anilines is 2. The monoisotopic (exact) mass is 481 g/mol. The molecule has 3 aliphatic rings. The van der Waals surface area contributed by atoms with Crippen molar-refractivity contribution in [3.63, 3.8) is 0 Å². The molecule has 0 radical (unpaired) electrons. The third-order valence-corrected chi connectivity index (χ3v) is 8.31. The molecule has 33 heavy (non-hydrogen) atoms. The lowest BCUT2D eigenvalue weighted by atomic mass is 9.98. The molecular formula is C23H35N3O6S. The number of hydrogen-bond acceptors (Lipinski definition) is 7. The second-order valence-corrected chi connectivity index (χ2v) is 10.8. The fourth-order valence-corrected chi connectivity index (χ4v) is 5.95. The number of nitrogens with one attached hydrogen (secondary N) is 2. The van der Waals surface area contributed by atoms with E-state index < -0.39 is 10.0 Å². The number of rotatable bonds is 9. The van der Waals surface area contributed by atoms with Gasteiger partial charge in [0.25, 0.3) is 0 Å². The van der Waals surface area contributed by atoms with E-state index in [1.165, 1.54) is 16.8 Å². The van der Waals surface area contributed by atoms with Gasteiger partial charge in [0.05, 0.1) is 41.7 Å². The zero-order chi connectivity index (χ0) is 23.1. The van der Waals surface area contributed by atoms with Crippen LogP contribution in [0.1, 0.15) is 44.9 Å². The van der Waals surface area contributed by atoms with Gasteiger partial charge in [-0.2, -0.15) is 4.31 Å². The van der Waals surface area contributed by atoms with E-state index in [-0.39, 0.29) is 29.6 Å². The summed E-state index contributed by atoms with van der Waals surface area (Å²) in [6.07, 6.45) is 7.68. The molecule has 1 aromatic carbocycles. The highest BCUT2D eigenvalue weighted by molar-refractivity contribution is 7.89. The highest BCUT2D eigenvalue weighted by atomic mass is 32.2. The molecule has 184 valence electrons. The molecular weight excluding hydrogens is 446 g/mol. The topological polar surface area (TPSA) is 106 Å². The summed E-state index contributed by atoms with van der Waals surface area (Å²) >= 11 is 0. The highest BCUT2D eigenvalue weighted by Gasteiger charge is 2.27. The molecule has 1 saturated carbocycles. The average Bonchev–Trinajstić information content (AvgIpc) is 3.37. The SMILES string of the molecule is O=C(COC1CCCCC1)Nc1cc(S(=O)(=O)N2CCOCC2)ccc1NCC1CCCO1. The lowest BCUT2D eigenvalue weighted by Gasteiger charge is -2.26. The van der Waals surface area contributed by atoms with E-state index in [2.05, 4.69) is 10.6 Å². The lowest BCUT2D eigenvalue weighted by Crippen LogP contribution is -2.40. The molecule has 1 aliphatic carbocycles. The molecule has 10 heteroatoms. The maximum Gasteiger partial charge on any atom is 0.250 e. The van der Waals surface area contributed by atoms with Crippen LogP contribution < -0.4 is 10.6 Å². The van der Waals surface area contributed by atoms with Crippen molar-refractivity contribution < 1.29 is 27.4 Å². The van der Waals surface area contributed by atoms with Gasteiger partial charge in [-0.25, -0.2) is 8.42 Å². The summed E-state index contributed by atoms with van der Waals surface area (Å²) in [5.74, 6) is -0.290. The van der Waals surface area contributed by atoms with Crippen LogP contribution in [-0.2, 0) is 29.0 Å². The van der Waals surface area contributed by atoms with Crippen LogP contribution in [0.3, 0.4) is 0 Å². The lowest BCUT2D eigenvalue weighted by molar-refractivity contribution is -0.123. The zero-order valence-corrected chi connectivity index (χ0v) is 19.9. The minimum absolute atomic E-state index is 0.0454. The van der Waals surface area contributed by atoms with Crippen LogP contribution in [0.25, 0.3) is 0 Å². The largest absolute Gasteiger partial charge is 0.381 e. The minimum Gasteiger partial charge on any atom is -0.381 e. The van der Waals surface area contributed by atoms with Crippen molar-refractivity contribution >= 4 is 27.3 Å². The normalized spacial score (nSPS) is 22.8. The first-order valence-electron chi connectivity index (χ1n) is 12.0. The molecule has 1 amide bonds. The van der Waals surface area contributed by atoms with Crippen LogP contribution in [0.5, 0.6) is 0 Å². The summed E-state index contributed by atoms with van der Waals surface area (Å²) in [6, 6.07) is 4.82. The van der Waals surface area contributed by atoms with Gasteiger partial charge in [0.15, 0.2) is 0 Å². The van der Waals surface area contributed by atoms with Gasteiger partial charge in [0.1, 0.15) is 6.61 Å². The number of hydrogen-bond donors (Lipinski definition) is 2. The van der Waals surface area contributed by atoms with Crippen LogP contribution in [0.2, 0.25) is 0 Å². The Labute approximate surface area is 196 Å². The summed E-state index contributed by atoms with van der Waals surface area (Å²) in [5.41, 5.74) is 1.09. The number of morpholine rings is 1. The van der Waals surface area contributed by atoms with Crippen molar-refractivity contribution in [2.45, 2.75) is 62.0 Å². The van der Waals surface area contributed by atoms with Crippen LogP contribution in [0.15, 0.2) is 23.1 Å². The predicted octanol–water partition coefficient (Wildman–Crippen LogP) is 2.59. The summed E-state index contributed by atoms with van der Waals surface area (Å²) < 4.78 is 44.4. The molecule has 0 spiro atoms. The molecule has 1 atom stereocenters. The quantitative estimate of drug-likeness (QED) is 0.558. The number of ether oxygens (including phenoxy) is 3. The molecule has 9 nitrogen and oxygen atoms in total. The molecule has 4 rings (SSSR count). The van der Waals surface area contributed by atoms with Crippen LogP contribution in [0, 0.1) is 0 Å². The number of carbonyl (C=O) groups is 1. The number of nitrogens with zero attached hydrogens (tertiary/aromatic N) is 1. The van der Waals surface area contributed by atoms with Crippen LogP contribution >= 0.6 is 0 Å². The van der Waals surface area contributed by atoms with E-state index in [1.807, 2.05) is 0 Å². The molecule has 0 bridgehead atoms. The predicted molar refractivity (Wildman–Crippen MR) is 125 cm³/mol. The molecule has 0 aromatic heterocycles. The van der Waals surface area contributed by atoms with E-state index in [1.54, 1.807) is 12.1 Å². The second-order valence-electron chi connectivity index (χ2n) is 8.86. The smallest absolute Gasteiger partial charge is 0.250 e. The Kier molecular flexibility index (Phi) is 8.59. The van der Waals surface area contributed by atoms with Gasteiger partial charge in [0, 0.05) is 26.2 Å². The fraction of sp³-hybridized carbons (Fsp3) is 0.696. The number of carbonyl (C=O) groups excluding carboxylic acids is 1. The van der Waals surface area contributed by atoms with Gasteiger partial charge < -0.3 is 24.8 Å². The highest BCUT2D eigenvalue weighted by Crippen LogP contribution is 2.29. The standard InChI is InChI=1S/C23H35N3O6S/c27-23(17-32-18-5-2-1-3-6-18)25-22-15-20(33(28,29)26-10-13-30-14-11-26)8-9-21(22)24-16-19-7-4-12-31-19/h8-9,15,18-19,24H,1-7,10-14,16-17H2,(H,25,27). The summed E-state index contributed by atoms with van der Waals surface area (Å²) in [5, 5.41) is 6.18. The Hall–Kier alpha value is -1.72. The van der Waals surface area contributed by atoms with Gasteiger partial charge in [-0.15, -0.1) is 0 Å². The van der Waals surface area contributed by atoms with E-state index >= 15 is 0 Å². The Morgan fingerprint density at radius 2 is 1.82 bits per heavy atom. The molecule has 3 fully saturated rings. The van der Waals surface area contributed by atoms with Crippen molar-refractivity contribution in [1.29, 1.82) is 0 Å². The minimum atomic E-state index is -3.68. The van der Waals surface area contributed by atoms with Gasteiger partial charge in [-0.3, -0.25) is 4.79 Å². The van der Waals surface area contributed by atoms with Crippen molar-refractivity contribution in [2.24, 2.45) is 0 Å². The van der Waals surface area contributed by atoms with Crippen molar-refractivity contribution in [3.05, 3.63) is 18.2 Å². The zero-order valence-electron chi connectivity index (χ0n) is 19.1. The van der Waals surface area contributed by atoms with E-state index in [9.17, 15) is 13.2 Å². The van der Waals surface area contributed by atoms with E-state index in [0.29, 0.717) is 44.2 Å². The fourth-order valence-electron chi connectivity index (χ4n) is 4.52. The van der Waals surface area contributed by atoms with Crippen molar-refractivity contribution in [3.8, 4) is 0 Å². The number of amides is 1.